The predicted molar refractivity (Wildman–Crippen MR) is 121 cm³/mol. The maximum absolute atomic E-state index is 13.2. The van der Waals surface area contributed by atoms with Gasteiger partial charge < -0.3 is 10.0 Å². The van der Waals surface area contributed by atoms with Crippen LogP contribution in [0.1, 0.15) is 28.6 Å². The van der Waals surface area contributed by atoms with Gasteiger partial charge in [-0.2, -0.15) is 0 Å². The van der Waals surface area contributed by atoms with Gasteiger partial charge in [-0.05, 0) is 30.2 Å². The first kappa shape index (κ1) is 19.8. The molecule has 4 aromatic rings. The fourth-order valence-electron chi connectivity index (χ4n) is 4.33. The molecule has 2 aromatic heterocycles. The van der Waals surface area contributed by atoms with Crippen LogP contribution in [-0.4, -0.2) is 31.1 Å². The summed E-state index contributed by atoms with van der Waals surface area (Å²) in [6.45, 7) is 2.04. The topological polar surface area (TPSA) is 74.9 Å². The molecule has 1 saturated heterocycles. The molecule has 3 heterocycles. The molecule has 6 heteroatoms. The summed E-state index contributed by atoms with van der Waals surface area (Å²) >= 11 is 0. The van der Waals surface area contributed by atoms with Gasteiger partial charge in [0.25, 0.3) is 11.7 Å². The molecule has 1 unspecified atom stereocenters. The number of fused-ring (bicyclic) bond motifs is 1. The molecule has 1 aliphatic rings. The number of aliphatic hydroxyl groups is 1. The molecule has 32 heavy (non-hydrogen) atoms. The van der Waals surface area contributed by atoms with E-state index >= 15 is 0 Å². The Morgan fingerprint density at radius 3 is 2.31 bits per heavy atom. The fraction of sp³-hybridized carbons (Fsp3) is 0.115. The molecule has 5 rings (SSSR count). The highest BCUT2D eigenvalue weighted by Crippen LogP contribution is 2.40. The van der Waals surface area contributed by atoms with Crippen LogP contribution >= 0.6 is 0 Å². The van der Waals surface area contributed by atoms with Gasteiger partial charge in [-0.1, -0.05) is 66.7 Å². The molecule has 0 aliphatic carbocycles. The molecule has 1 fully saturated rings. The van der Waals surface area contributed by atoms with E-state index in [9.17, 15) is 14.7 Å². The van der Waals surface area contributed by atoms with E-state index in [2.05, 4.69) is 4.98 Å². The van der Waals surface area contributed by atoms with E-state index in [0.29, 0.717) is 17.0 Å². The minimum Gasteiger partial charge on any atom is -0.505 e. The number of ketones is 1. The third-order valence-electron chi connectivity index (χ3n) is 5.78. The van der Waals surface area contributed by atoms with E-state index in [-0.39, 0.29) is 17.9 Å². The third kappa shape index (κ3) is 3.17. The maximum atomic E-state index is 13.2. The number of aromatic nitrogens is 2. The fourth-order valence-corrected chi connectivity index (χ4v) is 4.33. The first-order valence-electron chi connectivity index (χ1n) is 10.4. The van der Waals surface area contributed by atoms with Crippen LogP contribution in [-0.2, 0) is 16.1 Å². The van der Waals surface area contributed by atoms with Gasteiger partial charge in [-0.3, -0.25) is 14.0 Å². The minimum absolute atomic E-state index is 0.0749. The summed E-state index contributed by atoms with van der Waals surface area (Å²) in [5, 5.41) is 11.4. The van der Waals surface area contributed by atoms with E-state index < -0.39 is 17.7 Å². The zero-order valence-electron chi connectivity index (χ0n) is 17.5. The Kier molecular flexibility index (Phi) is 4.82. The van der Waals surface area contributed by atoms with E-state index in [0.717, 1.165) is 11.1 Å². The number of pyridine rings is 1. The van der Waals surface area contributed by atoms with Crippen molar-refractivity contribution in [2.24, 2.45) is 0 Å². The lowest BCUT2D eigenvalue weighted by Gasteiger charge is -2.25. The first-order valence-corrected chi connectivity index (χ1v) is 10.4. The van der Waals surface area contributed by atoms with Crippen molar-refractivity contribution >= 4 is 23.1 Å². The second-order valence-corrected chi connectivity index (χ2v) is 7.80. The SMILES string of the molecule is Cc1nc2ccccn2c1C(O)=C1C(=O)C(=O)N(Cc2ccccc2)C1c1ccccc1. The summed E-state index contributed by atoms with van der Waals surface area (Å²) in [5.74, 6) is -1.54. The number of hydrogen-bond donors (Lipinski definition) is 1. The van der Waals surface area contributed by atoms with Gasteiger partial charge in [0.2, 0.25) is 0 Å². The molecule has 158 valence electrons. The van der Waals surface area contributed by atoms with Crippen LogP contribution in [0.25, 0.3) is 11.4 Å². The number of hydrogen-bond acceptors (Lipinski definition) is 4. The van der Waals surface area contributed by atoms with Gasteiger partial charge in [-0.15, -0.1) is 0 Å². The maximum Gasteiger partial charge on any atom is 0.295 e. The van der Waals surface area contributed by atoms with Gasteiger partial charge in [0.05, 0.1) is 17.3 Å². The Morgan fingerprint density at radius 1 is 0.938 bits per heavy atom. The Balaban J connectivity index is 1.71. The average molecular weight is 423 g/mol. The van der Waals surface area contributed by atoms with Gasteiger partial charge in [0.15, 0.2) is 5.76 Å². The van der Waals surface area contributed by atoms with Crippen molar-refractivity contribution in [3.63, 3.8) is 0 Å². The van der Waals surface area contributed by atoms with E-state index in [1.165, 1.54) is 4.90 Å². The zero-order valence-corrected chi connectivity index (χ0v) is 17.5. The monoisotopic (exact) mass is 423 g/mol. The minimum atomic E-state index is -0.704. The Morgan fingerprint density at radius 2 is 1.59 bits per heavy atom. The standard InChI is InChI=1S/C26H21N3O3/c1-17-22(28-15-9-8-14-20(28)27-17)24(30)21-23(19-12-6-3-7-13-19)29(26(32)25(21)31)16-18-10-4-2-5-11-18/h2-15,23,30H,16H2,1H3. The summed E-state index contributed by atoms with van der Waals surface area (Å²) in [5.41, 5.74) is 3.39. The molecular weight excluding hydrogens is 402 g/mol. The number of aliphatic hydroxyl groups excluding tert-OH is 1. The van der Waals surface area contributed by atoms with E-state index in [4.69, 9.17) is 0 Å². The molecular formula is C26H21N3O3. The van der Waals surface area contributed by atoms with Crippen LogP contribution in [0.2, 0.25) is 0 Å². The number of rotatable bonds is 4. The number of Topliss-reactive ketones (excluding diaryl/α,β-unsaturated/α-hetero) is 1. The molecule has 0 bridgehead atoms. The van der Waals surface area contributed by atoms with Gasteiger partial charge in [0, 0.05) is 12.7 Å². The Labute approximate surface area is 185 Å². The van der Waals surface area contributed by atoms with Crippen molar-refractivity contribution in [3.8, 4) is 0 Å². The smallest absolute Gasteiger partial charge is 0.295 e. The van der Waals surface area contributed by atoms with Crippen molar-refractivity contribution in [3.05, 3.63) is 113 Å². The highest BCUT2D eigenvalue weighted by molar-refractivity contribution is 6.46. The second-order valence-electron chi connectivity index (χ2n) is 7.80. The lowest BCUT2D eigenvalue weighted by molar-refractivity contribution is -0.140. The molecule has 2 aromatic carbocycles. The summed E-state index contributed by atoms with van der Waals surface area (Å²) in [6, 6.07) is 23.6. The van der Waals surface area contributed by atoms with E-state index in [1.807, 2.05) is 78.9 Å². The molecule has 0 radical (unpaired) electrons. The van der Waals surface area contributed by atoms with Gasteiger partial charge >= 0.3 is 0 Å². The molecule has 6 nitrogen and oxygen atoms in total. The van der Waals surface area contributed by atoms with Crippen LogP contribution in [0, 0.1) is 6.92 Å². The molecule has 1 aliphatic heterocycles. The van der Waals surface area contributed by atoms with Crippen LogP contribution < -0.4 is 0 Å². The van der Waals surface area contributed by atoms with Crippen LogP contribution in [0.5, 0.6) is 0 Å². The number of carbonyl (C=O) groups excluding carboxylic acids is 2. The number of imidazole rings is 1. The summed E-state index contributed by atoms with van der Waals surface area (Å²) in [6.07, 6.45) is 1.78. The highest BCUT2D eigenvalue weighted by atomic mass is 16.3. The average Bonchev–Trinajstić information content (AvgIpc) is 3.28. The summed E-state index contributed by atoms with van der Waals surface area (Å²) in [4.78, 5) is 32.4. The Bertz CT molecular complexity index is 1360. The van der Waals surface area contributed by atoms with Crippen molar-refractivity contribution < 1.29 is 14.7 Å². The predicted octanol–water partition coefficient (Wildman–Crippen LogP) is 4.26. The zero-order chi connectivity index (χ0) is 22.2. The van der Waals surface area contributed by atoms with Crippen molar-refractivity contribution in [1.29, 1.82) is 0 Å². The number of amides is 1. The summed E-state index contributed by atoms with van der Waals surface area (Å²) < 4.78 is 1.73. The van der Waals surface area contributed by atoms with Crippen molar-refractivity contribution in [2.75, 3.05) is 0 Å². The molecule has 1 amide bonds. The Hall–Kier alpha value is -4.19. The largest absolute Gasteiger partial charge is 0.505 e. The summed E-state index contributed by atoms with van der Waals surface area (Å²) in [7, 11) is 0. The number of nitrogens with zero attached hydrogens (tertiary/aromatic N) is 3. The highest BCUT2D eigenvalue weighted by Gasteiger charge is 2.46. The third-order valence-corrected chi connectivity index (χ3v) is 5.78. The number of carbonyl (C=O) groups is 2. The van der Waals surface area contributed by atoms with Gasteiger partial charge in [0.1, 0.15) is 11.3 Å². The lowest BCUT2D eigenvalue weighted by atomic mass is 9.96. The van der Waals surface area contributed by atoms with Gasteiger partial charge in [-0.25, -0.2) is 4.98 Å². The van der Waals surface area contributed by atoms with Crippen LogP contribution in [0.15, 0.2) is 90.6 Å². The number of likely N-dealkylation sites (tertiary alicyclic amines) is 1. The normalized spacial score (nSPS) is 17.9. The van der Waals surface area contributed by atoms with Crippen LogP contribution in [0.3, 0.4) is 0 Å². The molecule has 0 spiro atoms. The number of aryl methyl sites for hydroxylation is 1. The molecule has 1 atom stereocenters. The van der Waals surface area contributed by atoms with Crippen molar-refractivity contribution in [1.82, 2.24) is 14.3 Å². The van der Waals surface area contributed by atoms with Crippen molar-refractivity contribution in [2.45, 2.75) is 19.5 Å². The van der Waals surface area contributed by atoms with E-state index in [1.54, 1.807) is 17.5 Å². The second kappa shape index (κ2) is 7.81. The lowest BCUT2D eigenvalue weighted by Crippen LogP contribution is -2.29. The quantitative estimate of drug-likeness (QED) is 0.302. The van der Waals surface area contributed by atoms with Crippen LogP contribution in [0.4, 0.5) is 0 Å². The molecule has 0 saturated carbocycles. The first-order chi connectivity index (χ1) is 15.6. The number of benzene rings is 2. The molecule has 1 N–H and O–H groups in total.